The Bertz CT molecular complexity index is 951. The average Bonchev–Trinajstić information content (AvgIpc) is 2.50. The first-order valence-corrected chi connectivity index (χ1v) is 6.72. The van der Waals surface area contributed by atoms with Gasteiger partial charge in [-0.2, -0.15) is 0 Å². The van der Waals surface area contributed by atoms with Gasteiger partial charge in [-0.25, -0.2) is 4.79 Å². The zero-order valence-electron chi connectivity index (χ0n) is 11.6. The molecular weight excluding hydrogens is 282 g/mol. The highest BCUT2D eigenvalue weighted by atomic mass is 16.2. The lowest BCUT2D eigenvalue weighted by molar-refractivity contribution is -0.115. The van der Waals surface area contributed by atoms with Gasteiger partial charge in [0.25, 0.3) is 5.56 Å². The van der Waals surface area contributed by atoms with Crippen LogP contribution in [0.1, 0.15) is 5.56 Å². The Morgan fingerprint density at radius 3 is 2.64 bits per heavy atom. The van der Waals surface area contributed by atoms with Crippen molar-refractivity contribution in [2.24, 2.45) is 0 Å². The van der Waals surface area contributed by atoms with E-state index in [4.69, 9.17) is 0 Å². The molecule has 3 N–H and O–H groups in total. The summed E-state index contributed by atoms with van der Waals surface area (Å²) < 4.78 is 0. The highest BCUT2D eigenvalue weighted by Crippen LogP contribution is 2.19. The molecule has 2 aromatic carbocycles. The number of carbonyl (C=O) groups is 1. The van der Waals surface area contributed by atoms with Gasteiger partial charge in [0.1, 0.15) is 5.69 Å². The van der Waals surface area contributed by atoms with Gasteiger partial charge < -0.3 is 10.3 Å². The number of rotatable bonds is 3. The van der Waals surface area contributed by atoms with Crippen molar-refractivity contribution in [1.82, 2.24) is 9.97 Å². The molecule has 0 saturated heterocycles. The number of nitrogens with one attached hydrogen (secondary N) is 3. The summed E-state index contributed by atoms with van der Waals surface area (Å²) in [5, 5.41) is 4.54. The van der Waals surface area contributed by atoms with E-state index in [0.717, 1.165) is 16.3 Å². The molecule has 0 aliphatic heterocycles. The second-order valence-corrected chi connectivity index (χ2v) is 4.85. The maximum absolute atomic E-state index is 12.1. The molecule has 1 amide bonds. The molecule has 0 fully saturated rings. The molecule has 1 aromatic heterocycles. The Labute approximate surface area is 124 Å². The number of amides is 1. The van der Waals surface area contributed by atoms with Gasteiger partial charge in [-0.3, -0.25) is 14.6 Å². The topological polar surface area (TPSA) is 94.8 Å². The van der Waals surface area contributed by atoms with Crippen LogP contribution in [0, 0.1) is 0 Å². The first kappa shape index (κ1) is 13.8. The van der Waals surface area contributed by atoms with Crippen molar-refractivity contribution in [3.05, 3.63) is 75.1 Å². The summed E-state index contributed by atoms with van der Waals surface area (Å²) >= 11 is 0. The van der Waals surface area contributed by atoms with E-state index in [-0.39, 0.29) is 18.0 Å². The second-order valence-electron chi connectivity index (χ2n) is 4.85. The fraction of sp³-hybridized carbons (Fsp3) is 0.0625. The van der Waals surface area contributed by atoms with Crippen molar-refractivity contribution in [2.45, 2.75) is 6.42 Å². The van der Waals surface area contributed by atoms with Gasteiger partial charge in [0.05, 0.1) is 6.42 Å². The minimum absolute atomic E-state index is 0.0184. The molecule has 0 atom stereocenters. The summed E-state index contributed by atoms with van der Waals surface area (Å²) in [6.45, 7) is 0. The largest absolute Gasteiger partial charge is 0.325 e. The number of carbonyl (C=O) groups excluding carboxylic acids is 1. The SMILES string of the molecule is O=C(Cc1cccc2ccccc12)Nc1c[nH]c(=O)[nH]c1=O. The van der Waals surface area contributed by atoms with Gasteiger partial charge in [0.2, 0.25) is 5.91 Å². The van der Waals surface area contributed by atoms with E-state index in [1.54, 1.807) is 0 Å². The summed E-state index contributed by atoms with van der Waals surface area (Å²) in [7, 11) is 0. The molecule has 0 spiro atoms. The van der Waals surface area contributed by atoms with Gasteiger partial charge in [-0.05, 0) is 16.3 Å². The fourth-order valence-electron chi connectivity index (χ4n) is 2.32. The van der Waals surface area contributed by atoms with Crippen LogP contribution in [0.25, 0.3) is 10.8 Å². The number of H-pyrrole nitrogens is 2. The van der Waals surface area contributed by atoms with Crippen LogP contribution < -0.4 is 16.6 Å². The summed E-state index contributed by atoms with van der Waals surface area (Å²) in [4.78, 5) is 39.0. The van der Waals surface area contributed by atoms with Crippen LogP contribution in [0.5, 0.6) is 0 Å². The van der Waals surface area contributed by atoms with E-state index in [9.17, 15) is 14.4 Å². The van der Waals surface area contributed by atoms with E-state index in [1.165, 1.54) is 6.20 Å². The number of anilines is 1. The Hall–Kier alpha value is -3.15. The summed E-state index contributed by atoms with van der Waals surface area (Å²) in [6, 6.07) is 13.5. The number of aromatic amines is 2. The number of hydrogen-bond donors (Lipinski definition) is 3. The van der Waals surface area contributed by atoms with Crippen LogP contribution >= 0.6 is 0 Å². The molecule has 6 nitrogen and oxygen atoms in total. The van der Waals surface area contributed by atoms with Crippen LogP contribution in [0.4, 0.5) is 5.69 Å². The van der Waals surface area contributed by atoms with Crippen LogP contribution in [-0.2, 0) is 11.2 Å². The van der Waals surface area contributed by atoms with E-state index in [0.29, 0.717) is 0 Å². The Kier molecular flexibility index (Phi) is 3.57. The van der Waals surface area contributed by atoms with Crippen LogP contribution in [-0.4, -0.2) is 15.9 Å². The maximum atomic E-state index is 12.1. The number of fused-ring (bicyclic) bond motifs is 1. The highest BCUT2D eigenvalue weighted by molar-refractivity contribution is 5.95. The minimum atomic E-state index is -0.630. The minimum Gasteiger partial charge on any atom is -0.320 e. The lowest BCUT2D eigenvalue weighted by Gasteiger charge is -2.07. The molecule has 0 aliphatic rings. The predicted molar refractivity (Wildman–Crippen MR) is 84.0 cm³/mol. The van der Waals surface area contributed by atoms with Gasteiger partial charge in [0, 0.05) is 6.20 Å². The van der Waals surface area contributed by atoms with Gasteiger partial charge in [-0.1, -0.05) is 42.5 Å². The van der Waals surface area contributed by atoms with E-state index in [2.05, 4.69) is 15.3 Å². The summed E-state index contributed by atoms with van der Waals surface area (Å²) in [5.74, 6) is -0.325. The van der Waals surface area contributed by atoms with Crippen molar-refractivity contribution in [3.8, 4) is 0 Å². The first-order chi connectivity index (χ1) is 10.6. The predicted octanol–water partition coefficient (Wildman–Crippen LogP) is 1.40. The van der Waals surface area contributed by atoms with Crippen LogP contribution in [0.15, 0.2) is 58.3 Å². The lowest BCUT2D eigenvalue weighted by Crippen LogP contribution is -2.27. The Morgan fingerprint density at radius 2 is 1.82 bits per heavy atom. The Morgan fingerprint density at radius 1 is 1.05 bits per heavy atom. The van der Waals surface area contributed by atoms with Crippen molar-refractivity contribution >= 4 is 22.4 Å². The number of hydrogen-bond acceptors (Lipinski definition) is 3. The molecule has 0 unspecified atom stereocenters. The molecule has 6 heteroatoms. The normalized spacial score (nSPS) is 10.5. The monoisotopic (exact) mass is 295 g/mol. The van der Waals surface area contributed by atoms with Gasteiger partial charge in [-0.15, -0.1) is 0 Å². The van der Waals surface area contributed by atoms with E-state index in [1.807, 2.05) is 42.5 Å². The third-order valence-corrected chi connectivity index (χ3v) is 3.32. The quantitative estimate of drug-likeness (QED) is 0.681. The standard InChI is InChI=1S/C16H13N3O3/c20-14(18-13-9-17-16(22)19-15(13)21)8-11-6-3-5-10-4-1-2-7-12(10)11/h1-7,9H,8H2,(H,18,20)(H2,17,19,21,22). The van der Waals surface area contributed by atoms with E-state index >= 15 is 0 Å². The third-order valence-electron chi connectivity index (χ3n) is 3.32. The zero-order valence-corrected chi connectivity index (χ0v) is 11.6. The van der Waals surface area contributed by atoms with Crippen molar-refractivity contribution in [3.63, 3.8) is 0 Å². The highest BCUT2D eigenvalue weighted by Gasteiger charge is 2.09. The third kappa shape index (κ3) is 2.80. The molecule has 3 rings (SSSR count). The molecule has 0 bridgehead atoms. The molecule has 0 aliphatic carbocycles. The Balaban J connectivity index is 1.84. The number of aromatic nitrogens is 2. The summed E-state index contributed by atoms with van der Waals surface area (Å²) in [6.07, 6.45) is 1.32. The second kappa shape index (κ2) is 5.69. The first-order valence-electron chi connectivity index (χ1n) is 6.72. The van der Waals surface area contributed by atoms with Gasteiger partial charge in [0.15, 0.2) is 0 Å². The average molecular weight is 295 g/mol. The lowest BCUT2D eigenvalue weighted by atomic mass is 10.0. The molecule has 22 heavy (non-hydrogen) atoms. The molecule has 0 saturated carbocycles. The van der Waals surface area contributed by atoms with Crippen LogP contribution in [0.2, 0.25) is 0 Å². The van der Waals surface area contributed by atoms with E-state index < -0.39 is 11.2 Å². The van der Waals surface area contributed by atoms with Crippen molar-refractivity contribution < 1.29 is 4.79 Å². The number of benzene rings is 2. The molecule has 110 valence electrons. The summed E-state index contributed by atoms with van der Waals surface area (Å²) in [5.41, 5.74) is -0.353. The van der Waals surface area contributed by atoms with Crippen molar-refractivity contribution in [1.29, 1.82) is 0 Å². The smallest absolute Gasteiger partial charge is 0.320 e. The van der Waals surface area contributed by atoms with Crippen LogP contribution in [0.3, 0.4) is 0 Å². The van der Waals surface area contributed by atoms with Gasteiger partial charge >= 0.3 is 5.69 Å². The molecule has 1 heterocycles. The molecule has 3 aromatic rings. The maximum Gasteiger partial charge on any atom is 0.325 e. The molecule has 0 radical (unpaired) electrons. The van der Waals surface area contributed by atoms with Crippen molar-refractivity contribution in [2.75, 3.05) is 5.32 Å². The fourth-order valence-corrected chi connectivity index (χ4v) is 2.32. The molecular formula is C16H13N3O3. The zero-order chi connectivity index (χ0) is 15.5.